The first-order chi connectivity index (χ1) is 9.49. The Morgan fingerprint density at radius 2 is 1.75 bits per heavy atom. The number of anilines is 1. The highest BCUT2D eigenvalue weighted by Crippen LogP contribution is 2.26. The van der Waals surface area contributed by atoms with E-state index in [0.717, 1.165) is 47.2 Å². The molecule has 0 aromatic heterocycles. The zero-order valence-corrected chi connectivity index (χ0v) is 14.1. The number of benzene rings is 1. The first kappa shape index (κ1) is 15.4. The Labute approximate surface area is 129 Å². The van der Waals surface area contributed by atoms with E-state index in [1.165, 1.54) is 6.42 Å². The van der Waals surface area contributed by atoms with Crippen LogP contribution < -0.4 is 5.32 Å². The molecule has 0 bridgehead atoms. The van der Waals surface area contributed by atoms with Crippen LogP contribution in [0.2, 0.25) is 0 Å². The van der Waals surface area contributed by atoms with Gasteiger partial charge >= 0.3 is 0 Å². The normalized spacial score (nSPS) is 16.9. The zero-order valence-electron chi connectivity index (χ0n) is 12.5. The molecule has 1 amide bonds. The SMILES string of the molecule is Cc1cc(Br)cc(C)c1NC(C)C(=O)N1CCCCC1. The fraction of sp³-hybridized carbons (Fsp3) is 0.562. The molecule has 4 heteroatoms. The second-order valence-corrected chi connectivity index (χ2v) is 6.58. The van der Waals surface area contributed by atoms with Crippen LogP contribution in [0.5, 0.6) is 0 Å². The lowest BCUT2D eigenvalue weighted by Gasteiger charge is -2.30. The van der Waals surface area contributed by atoms with Crippen LogP contribution in [-0.2, 0) is 4.79 Å². The van der Waals surface area contributed by atoms with Crippen LogP contribution in [0.3, 0.4) is 0 Å². The van der Waals surface area contributed by atoms with Gasteiger partial charge in [0.05, 0.1) is 0 Å². The van der Waals surface area contributed by atoms with Gasteiger partial charge in [0, 0.05) is 23.2 Å². The molecule has 0 spiro atoms. The van der Waals surface area contributed by atoms with Crippen molar-refractivity contribution in [2.24, 2.45) is 0 Å². The fourth-order valence-electron chi connectivity index (χ4n) is 2.80. The van der Waals surface area contributed by atoms with Gasteiger partial charge in [0.1, 0.15) is 6.04 Å². The van der Waals surface area contributed by atoms with Crippen molar-refractivity contribution in [1.82, 2.24) is 4.90 Å². The van der Waals surface area contributed by atoms with Gasteiger partial charge in [-0.3, -0.25) is 4.79 Å². The lowest BCUT2D eigenvalue weighted by Crippen LogP contribution is -2.44. The molecule has 1 saturated heterocycles. The third-order valence-electron chi connectivity index (χ3n) is 3.90. The maximum atomic E-state index is 12.4. The molecule has 110 valence electrons. The average molecular weight is 339 g/mol. The number of hydrogen-bond donors (Lipinski definition) is 1. The molecule has 1 fully saturated rings. The zero-order chi connectivity index (χ0) is 14.7. The van der Waals surface area contributed by atoms with Gasteiger partial charge < -0.3 is 10.2 Å². The molecule has 0 saturated carbocycles. The Hall–Kier alpha value is -1.03. The maximum absolute atomic E-state index is 12.4. The van der Waals surface area contributed by atoms with Crippen LogP contribution in [0.25, 0.3) is 0 Å². The molecule has 1 aliphatic rings. The van der Waals surface area contributed by atoms with Crippen molar-refractivity contribution in [3.63, 3.8) is 0 Å². The first-order valence-corrected chi connectivity index (χ1v) is 8.10. The van der Waals surface area contributed by atoms with Gasteiger partial charge in [0.2, 0.25) is 5.91 Å². The highest BCUT2D eigenvalue weighted by atomic mass is 79.9. The minimum absolute atomic E-state index is 0.174. The number of piperidine rings is 1. The number of amides is 1. The summed E-state index contributed by atoms with van der Waals surface area (Å²) in [5.74, 6) is 0.214. The third kappa shape index (κ3) is 3.54. The number of nitrogens with zero attached hydrogens (tertiary/aromatic N) is 1. The van der Waals surface area contributed by atoms with E-state index in [1.54, 1.807) is 0 Å². The van der Waals surface area contributed by atoms with Crippen LogP contribution in [0.4, 0.5) is 5.69 Å². The van der Waals surface area contributed by atoms with Crippen molar-refractivity contribution in [3.8, 4) is 0 Å². The summed E-state index contributed by atoms with van der Waals surface area (Å²) in [6, 6.07) is 3.98. The number of carbonyl (C=O) groups excluding carboxylic acids is 1. The number of likely N-dealkylation sites (tertiary alicyclic amines) is 1. The standard InChI is InChI=1S/C16H23BrN2O/c1-11-9-14(17)10-12(2)15(11)18-13(3)16(20)19-7-5-4-6-8-19/h9-10,13,18H,4-8H2,1-3H3. The van der Waals surface area contributed by atoms with E-state index < -0.39 is 0 Å². The van der Waals surface area contributed by atoms with Gasteiger partial charge in [0.15, 0.2) is 0 Å². The van der Waals surface area contributed by atoms with E-state index in [2.05, 4.69) is 47.2 Å². The monoisotopic (exact) mass is 338 g/mol. The molecule has 1 atom stereocenters. The molecule has 1 unspecified atom stereocenters. The topological polar surface area (TPSA) is 32.3 Å². The van der Waals surface area contributed by atoms with Crippen molar-refractivity contribution in [3.05, 3.63) is 27.7 Å². The van der Waals surface area contributed by atoms with Crippen molar-refractivity contribution >= 4 is 27.5 Å². The van der Waals surface area contributed by atoms with Crippen molar-refractivity contribution in [2.75, 3.05) is 18.4 Å². The molecular formula is C16H23BrN2O. The molecule has 1 N–H and O–H groups in total. The van der Waals surface area contributed by atoms with Gasteiger partial charge in [-0.05, 0) is 63.3 Å². The molecule has 1 aliphatic heterocycles. The molecule has 1 aromatic carbocycles. The lowest BCUT2D eigenvalue weighted by atomic mass is 10.1. The Morgan fingerprint density at radius 3 is 2.30 bits per heavy atom. The molecule has 0 radical (unpaired) electrons. The van der Waals surface area contributed by atoms with E-state index in [-0.39, 0.29) is 11.9 Å². The fourth-order valence-corrected chi connectivity index (χ4v) is 3.49. The summed E-state index contributed by atoms with van der Waals surface area (Å²) in [5.41, 5.74) is 3.40. The summed E-state index contributed by atoms with van der Waals surface area (Å²) >= 11 is 3.50. The van der Waals surface area contributed by atoms with Crippen molar-refractivity contribution in [1.29, 1.82) is 0 Å². The third-order valence-corrected chi connectivity index (χ3v) is 4.35. The van der Waals surface area contributed by atoms with Gasteiger partial charge in [-0.1, -0.05) is 15.9 Å². The number of halogens is 1. The van der Waals surface area contributed by atoms with Crippen LogP contribution in [0.15, 0.2) is 16.6 Å². The van der Waals surface area contributed by atoms with E-state index >= 15 is 0 Å². The Kier molecular flexibility index (Phi) is 5.08. The minimum atomic E-state index is -0.174. The van der Waals surface area contributed by atoms with Crippen LogP contribution >= 0.6 is 15.9 Å². The van der Waals surface area contributed by atoms with Crippen LogP contribution in [0.1, 0.15) is 37.3 Å². The predicted octanol–water partition coefficient (Wildman–Crippen LogP) is 3.88. The maximum Gasteiger partial charge on any atom is 0.244 e. The highest BCUT2D eigenvalue weighted by Gasteiger charge is 2.22. The van der Waals surface area contributed by atoms with Gasteiger partial charge in [0.25, 0.3) is 0 Å². The highest BCUT2D eigenvalue weighted by molar-refractivity contribution is 9.10. The molecule has 0 aliphatic carbocycles. The summed E-state index contributed by atoms with van der Waals surface area (Å²) < 4.78 is 1.08. The Bertz CT molecular complexity index is 472. The minimum Gasteiger partial charge on any atom is -0.373 e. The number of hydrogen-bond acceptors (Lipinski definition) is 2. The summed E-state index contributed by atoms with van der Waals surface area (Å²) in [6.45, 7) is 7.90. The number of rotatable bonds is 3. The first-order valence-electron chi connectivity index (χ1n) is 7.31. The van der Waals surface area contributed by atoms with Gasteiger partial charge in [-0.25, -0.2) is 0 Å². The molecule has 20 heavy (non-hydrogen) atoms. The summed E-state index contributed by atoms with van der Waals surface area (Å²) in [4.78, 5) is 14.4. The largest absolute Gasteiger partial charge is 0.373 e. The molecule has 3 nitrogen and oxygen atoms in total. The van der Waals surface area contributed by atoms with E-state index in [0.29, 0.717) is 0 Å². The second kappa shape index (κ2) is 6.61. The predicted molar refractivity (Wildman–Crippen MR) is 87.1 cm³/mol. The van der Waals surface area contributed by atoms with Gasteiger partial charge in [-0.2, -0.15) is 0 Å². The van der Waals surface area contributed by atoms with Crippen molar-refractivity contribution in [2.45, 2.75) is 46.1 Å². The number of nitrogens with one attached hydrogen (secondary N) is 1. The smallest absolute Gasteiger partial charge is 0.244 e. The van der Waals surface area contributed by atoms with Crippen LogP contribution in [0, 0.1) is 13.8 Å². The number of aryl methyl sites for hydroxylation is 2. The average Bonchev–Trinajstić information content (AvgIpc) is 2.42. The number of carbonyl (C=O) groups is 1. The molecule has 1 aromatic rings. The molecular weight excluding hydrogens is 316 g/mol. The van der Waals surface area contributed by atoms with Crippen LogP contribution in [-0.4, -0.2) is 29.9 Å². The van der Waals surface area contributed by atoms with Crippen molar-refractivity contribution < 1.29 is 4.79 Å². The molecule has 1 heterocycles. The quantitative estimate of drug-likeness (QED) is 0.906. The summed E-state index contributed by atoms with van der Waals surface area (Å²) in [7, 11) is 0. The summed E-state index contributed by atoms with van der Waals surface area (Å²) in [6.07, 6.45) is 3.51. The van der Waals surface area contributed by atoms with E-state index in [1.807, 2.05) is 11.8 Å². The molecule has 2 rings (SSSR count). The Morgan fingerprint density at radius 1 is 1.20 bits per heavy atom. The summed E-state index contributed by atoms with van der Waals surface area (Å²) in [5, 5.41) is 3.39. The second-order valence-electron chi connectivity index (χ2n) is 5.67. The van der Waals surface area contributed by atoms with Gasteiger partial charge in [-0.15, -0.1) is 0 Å². The lowest BCUT2D eigenvalue weighted by molar-refractivity contribution is -0.132. The van der Waals surface area contributed by atoms with E-state index in [9.17, 15) is 4.79 Å². The Balaban J connectivity index is 2.07. The van der Waals surface area contributed by atoms with E-state index in [4.69, 9.17) is 0 Å².